The number of sulfone groups is 1. The van der Waals surface area contributed by atoms with E-state index >= 15 is 0 Å². The zero-order valence-corrected chi connectivity index (χ0v) is 26.7. The van der Waals surface area contributed by atoms with Crippen LogP contribution in [0, 0.1) is 12.8 Å². The first-order valence-corrected chi connectivity index (χ1v) is 16.6. The molecule has 0 aromatic heterocycles. The van der Waals surface area contributed by atoms with E-state index < -0.39 is 33.8 Å². The summed E-state index contributed by atoms with van der Waals surface area (Å²) in [6, 6.07) is 17.0. The summed E-state index contributed by atoms with van der Waals surface area (Å²) in [4.78, 5) is 50.3. The largest absolute Gasteiger partial charge is 0.469 e. The molecule has 0 unspecified atom stereocenters. The molecule has 46 heavy (non-hydrogen) atoms. The second-order valence-electron chi connectivity index (χ2n) is 11.1. The molecule has 1 aliphatic rings. The predicted molar refractivity (Wildman–Crippen MR) is 173 cm³/mol. The van der Waals surface area contributed by atoms with Gasteiger partial charge in [-0.25, -0.2) is 13.2 Å². The Morgan fingerprint density at radius 2 is 1.59 bits per heavy atom. The summed E-state index contributed by atoms with van der Waals surface area (Å²) in [6.45, 7) is 2.86. The predicted octanol–water partition coefficient (Wildman–Crippen LogP) is 4.37. The summed E-state index contributed by atoms with van der Waals surface area (Å²) in [7, 11) is -2.48. The Hall–Kier alpha value is -4.75. The average molecular weight is 651 g/mol. The van der Waals surface area contributed by atoms with Crippen molar-refractivity contribution in [1.29, 1.82) is 0 Å². The Morgan fingerprint density at radius 3 is 2.24 bits per heavy atom. The number of nitrogens with one attached hydrogen (secondary N) is 4. The van der Waals surface area contributed by atoms with Crippen LogP contribution in [-0.2, 0) is 40.1 Å². The molecule has 4 N–H and O–H groups in total. The first-order valence-electron chi connectivity index (χ1n) is 14.7. The molecular formula is C33H38N4O8S. The third-order valence-electron chi connectivity index (χ3n) is 7.56. The molecule has 3 aromatic rings. The van der Waals surface area contributed by atoms with Crippen molar-refractivity contribution in [3.63, 3.8) is 0 Å². The maximum absolute atomic E-state index is 12.9. The monoisotopic (exact) mass is 650 g/mol. The molecule has 244 valence electrons. The van der Waals surface area contributed by atoms with E-state index in [0.717, 1.165) is 11.8 Å². The van der Waals surface area contributed by atoms with Gasteiger partial charge >= 0.3 is 12.0 Å². The van der Waals surface area contributed by atoms with Gasteiger partial charge in [-0.05, 0) is 66.8 Å². The lowest BCUT2D eigenvalue weighted by molar-refractivity contribution is -0.141. The van der Waals surface area contributed by atoms with Crippen molar-refractivity contribution in [2.75, 3.05) is 42.5 Å². The second kappa shape index (κ2) is 15.5. The molecular weight excluding hydrogens is 612 g/mol. The number of carbonyl (C=O) groups is 4. The van der Waals surface area contributed by atoms with E-state index in [1.54, 1.807) is 42.5 Å². The Bertz CT molecular complexity index is 1690. The third kappa shape index (κ3) is 9.62. The molecule has 13 heteroatoms. The van der Waals surface area contributed by atoms with Crippen molar-refractivity contribution >= 4 is 50.7 Å². The highest BCUT2D eigenvalue weighted by Gasteiger charge is 2.26. The number of methoxy groups -OCH3 is 1. The van der Waals surface area contributed by atoms with Crippen LogP contribution in [0.4, 0.5) is 21.9 Å². The SMILES string of the molecule is COC(=O)C[C@@H](NC(=O)C1CCOCC1)c1ccc(NC(=O)Cc2ccc(NC(=O)Nc3ccccc3C)c(S(C)(=O)=O)c2)cc1. The highest BCUT2D eigenvalue weighted by atomic mass is 32.2. The number of carbonyl (C=O) groups excluding carboxylic acids is 4. The van der Waals surface area contributed by atoms with Gasteiger partial charge in [-0.3, -0.25) is 14.4 Å². The first-order chi connectivity index (χ1) is 21.9. The van der Waals surface area contributed by atoms with Crippen molar-refractivity contribution in [1.82, 2.24) is 5.32 Å². The summed E-state index contributed by atoms with van der Waals surface area (Å²) >= 11 is 0. The van der Waals surface area contributed by atoms with Crippen LogP contribution >= 0.6 is 0 Å². The summed E-state index contributed by atoms with van der Waals surface area (Å²) < 4.78 is 35.3. The van der Waals surface area contributed by atoms with Gasteiger partial charge in [0.2, 0.25) is 11.8 Å². The van der Waals surface area contributed by atoms with Crippen molar-refractivity contribution in [2.24, 2.45) is 5.92 Å². The van der Waals surface area contributed by atoms with Gasteiger partial charge in [-0.2, -0.15) is 0 Å². The van der Waals surface area contributed by atoms with Crippen LogP contribution in [0.2, 0.25) is 0 Å². The zero-order valence-electron chi connectivity index (χ0n) is 25.9. The number of anilines is 3. The van der Waals surface area contributed by atoms with Gasteiger partial charge in [0.1, 0.15) is 0 Å². The third-order valence-corrected chi connectivity index (χ3v) is 8.69. The van der Waals surface area contributed by atoms with Gasteiger partial charge in [-0.15, -0.1) is 0 Å². The van der Waals surface area contributed by atoms with E-state index in [4.69, 9.17) is 9.47 Å². The normalized spacial score (nSPS) is 14.1. The summed E-state index contributed by atoms with van der Waals surface area (Å²) in [5, 5.41) is 11.0. The van der Waals surface area contributed by atoms with Crippen LogP contribution in [0.25, 0.3) is 0 Å². The molecule has 1 aliphatic heterocycles. The number of benzene rings is 3. The van der Waals surface area contributed by atoms with Crippen molar-refractivity contribution in [3.8, 4) is 0 Å². The molecule has 0 radical (unpaired) electrons. The van der Waals surface area contributed by atoms with Gasteiger partial charge < -0.3 is 30.7 Å². The quantitative estimate of drug-likeness (QED) is 0.222. The standard InChI is InChI=1S/C33H38N4O8S/c1-21-6-4-5-7-26(21)36-33(41)37-27-13-8-22(18-29(27)46(3,42)43)19-30(38)34-25-11-9-23(10-12-25)28(20-31(39)44-2)35-32(40)24-14-16-45-17-15-24/h4-13,18,24,28H,14-17,19-20H2,1-3H3,(H,34,38)(H,35,40)(H2,36,37,41)/t28-/m1/s1. The topological polar surface area (TPSA) is 169 Å². The van der Waals surface area contributed by atoms with Crippen LogP contribution in [0.5, 0.6) is 0 Å². The van der Waals surface area contributed by atoms with Crippen LogP contribution in [0.15, 0.2) is 71.6 Å². The van der Waals surface area contributed by atoms with Crippen LogP contribution < -0.4 is 21.3 Å². The van der Waals surface area contributed by atoms with E-state index in [9.17, 15) is 27.6 Å². The van der Waals surface area contributed by atoms with E-state index in [1.807, 2.05) is 19.1 Å². The van der Waals surface area contributed by atoms with Crippen LogP contribution in [-0.4, -0.2) is 58.8 Å². The minimum absolute atomic E-state index is 0.0573. The minimum Gasteiger partial charge on any atom is -0.469 e. The molecule has 4 rings (SSSR count). The lowest BCUT2D eigenvalue weighted by atomic mass is 9.97. The molecule has 1 heterocycles. The van der Waals surface area contributed by atoms with E-state index in [1.165, 1.54) is 19.2 Å². The fourth-order valence-corrected chi connectivity index (χ4v) is 5.90. The highest BCUT2D eigenvalue weighted by Crippen LogP contribution is 2.26. The molecule has 1 fully saturated rings. The number of urea groups is 1. The Balaban J connectivity index is 1.41. The lowest BCUT2D eigenvalue weighted by Gasteiger charge is -2.25. The molecule has 0 saturated carbocycles. The fraction of sp³-hybridized carbons (Fsp3) is 0.333. The van der Waals surface area contributed by atoms with Gasteiger partial charge in [0.15, 0.2) is 9.84 Å². The van der Waals surface area contributed by atoms with Gasteiger partial charge in [-0.1, -0.05) is 36.4 Å². The number of para-hydroxylation sites is 1. The van der Waals surface area contributed by atoms with Crippen LogP contribution in [0.3, 0.4) is 0 Å². The highest BCUT2D eigenvalue weighted by molar-refractivity contribution is 7.90. The number of rotatable bonds is 11. The first kappa shape index (κ1) is 34.1. The Labute approximate surface area is 268 Å². The number of hydrogen-bond acceptors (Lipinski definition) is 8. The zero-order chi connectivity index (χ0) is 33.3. The number of aryl methyl sites for hydroxylation is 1. The van der Waals surface area contributed by atoms with Crippen molar-refractivity contribution in [3.05, 3.63) is 83.4 Å². The molecule has 4 amide bonds. The average Bonchev–Trinajstić information content (AvgIpc) is 3.02. The van der Waals surface area contributed by atoms with E-state index in [-0.39, 0.29) is 35.2 Å². The Morgan fingerprint density at radius 1 is 0.913 bits per heavy atom. The maximum atomic E-state index is 12.9. The second-order valence-corrected chi connectivity index (χ2v) is 13.1. The Kier molecular flexibility index (Phi) is 11.5. The van der Waals surface area contributed by atoms with Gasteiger partial charge in [0.25, 0.3) is 0 Å². The van der Waals surface area contributed by atoms with Gasteiger partial charge in [0.05, 0.1) is 36.6 Å². The smallest absolute Gasteiger partial charge is 0.323 e. The van der Waals surface area contributed by atoms with Crippen molar-refractivity contribution < 1.29 is 37.1 Å². The van der Waals surface area contributed by atoms with Crippen LogP contribution in [0.1, 0.15) is 42.0 Å². The molecule has 1 saturated heterocycles. The molecule has 0 aliphatic carbocycles. The summed E-state index contributed by atoms with van der Waals surface area (Å²) in [6.07, 6.45) is 2.05. The molecule has 0 bridgehead atoms. The van der Waals surface area contributed by atoms with Crippen molar-refractivity contribution in [2.45, 2.75) is 43.5 Å². The van der Waals surface area contributed by atoms with E-state index in [0.29, 0.717) is 48.6 Å². The molecule has 3 aromatic carbocycles. The molecule has 12 nitrogen and oxygen atoms in total. The lowest BCUT2D eigenvalue weighted by Crippen LogP contribution is -2.37. The number of amides is 4. The number of hydrogen-bond donors (Lipinski definition) is 4. The fourth-order valence-electron chi connectivity index (χ4n) is 5.02. The summed E-state index contributed by atoms with van der Waals surface area (Å²) in [5.41, 5.74) is 3.07. The van der Waals surface area contributed by atoms with E-state index in [2.05, 4.69) is 21.3 Å². The number of esters is 1. The number of ether oxygens (including phenoxy) is 2. The maximum Gasteiger partial charge on any atom is 0.323 e. The molecule has 1 atom stereocenters. The van der Waals surface area contributed by atoms with Gasteiger partial charge in [0, 0.05) is 36.8 Å². The summed E-state index contributed by atoms with van der Waals surface area (Å²) in [5.74, 6) is -1.23. The molecule has 0 spiro atoms. The minimum atomic E-state index is -3.76.